The van der Waals surface area contributed by atoms with Crippen molar-refractivity contribution >= 4 is 113 Å². The second kappa shape index (κ2) is 9.17. The normalized spacial score (nSPS) is 12.1. The molecule has 0 fully saturated rings. The van der Waals surface area contributed by atoms with Crippen molar-refractivity contribution in [3.63, 3.8) is 0 Å². The second-order valence-electron chi connectivity index (χ2n) is 11.3. The number of nitrogens with zero attached hydrogens (tertiary/aromatic N) is 1. The van der Waals surface area contributed by atoms with Crippen LogP contribution in [0.3, 0.4) is 0 Å². The van der Waals surface area contributed by atoms with Gasteiger partial charge in [-0.25, -0.2) is 0 Å². The molecule has 2 nitrogen and oxygen atoms in total. The Morgan fingerprint density at radius 3 is 1.84 bits per heavy atom. The molecule has 0 bridgehead atoms. The van der Waals surface area contributed by atoms with Crippen molar-refractivity contribution in [2.75, 3.05) is 4.90 Å². The topological polar surface area (TPSA) is 16.4 Å². The molecule has 206 valence electrons. The lowest BCUT2D eigenvalue weighted by Gasteiger charge is -2.26. The molecule has 44 heavy (non-hydrogen) atoms. The maximum atomic E-state index is 6.35. The van der Waals surface area contributed by atoms with E-state index in [9.17, 15) is 0 Å². The van der Waals surface area contributed by atoms with Crippen molar-refractivity contribution in [2.45, 2.75) is 0 Å². The summed E-state index contributed by atoms with van der Waals surface area (Å²) in [6.45, 7) is 0. The van der Waals surface area contributed by atoms with E-state index in [0.29, 0.717) is 0 Å². The molecule has 10 aromatic rings. The number of thiophene rings is 2. The summed E-state index contributed by atoms with van der Waals surface area (Å²) < 4.78 is 11.6. The molecule has 0 saturated heterocycles. The molecule has 0 aliphatic rings. The summed E-state index contributed by atoms with van der Waals surface area (Å²) in [5.41, 5.74) is 5.11. The third-order valence-corrected chi connectivity index (χ3v) is 11.2. The smallest absolute Gasteiger partial charge is 0.137 e. The molecule has 0 N–H and O–H groups in total. The van der Waals surface area contributed by atoms with Crippen molar-refractivity contribution < 1.29 is 4.42 Å². The van der Waals surface area contributed by atoms with E-state index in [2.05, 4.69) is 132 Å². The van der Waals surface area contributed by atoms with Crippen LogP contribution in [0.25, 0.3) is 73.1 Å². The van der Waals surface area contributed by atoms with Gasteiger partial charge in [-0.05, 0) is 71.4 Å². The second-order valence-corrected chi connectivity index (χ2v) is 13.5. The van der Waals surface area contributed by atoms with Gasteiger partial charge in [0.2, 0.25) is 0 Å². The highest BCUT2D eigenvalue weighted by atomic mass is 32.1. The Hall–Kier alpha value is -5.16. The predicted octanol–water partition coefficient (Wildman–Crippen LogP) is 12.9. The van der Waals surface area contributed by atoms with Crippen LogP contribution in [0.1, 0.15) is 0 Å². The van der Waals surface area contributed by atoms with Gasteiger partial charge in [0.1, 0.15) is 11.2 Å². The molecule has 3 heterocycles. The highest BCUT2D eigenvalue weighted by Gasteiger charge is 2.18. The first-order chi connectivity index (χ1) is 21.8. The fourth-order valence-corrected chi connectivity index (χ4v) is 9.12. The molecule has 0 spiro atoms. The molecule has 3 aromatic heterocycles. The zero-order valence-corrected chi connectivity index (χ0v) is 25.1. The SMILES string of the molecule is c1ccc2c(c1)oc1cc(N(c3ccc4c(ccc5c6ccccc6sc45)c3)c3ccc4sc5ccccc5c4c3)ccc12. The Balaban J connectivity index is 1.21. The number of benzene rings is 7. The molecular formula is C40H23NOS2. The lowest BCUT2D eigenvalue weighted by atomic mass is 10.0. The average molecular weight is 598 g/mol. The summed E-state index contributed by atoms with van der Waals surface area (Å²) in [5, 5.41) is 10.0. The number of para-hydroxylation sites is 1. The number of fused-ring (bicyclic) bond motifs is 11. The first kappa shape index (κ1) is 24.3. The molecule has 0 aliphatic carbocycles. The molecule has 0 atom stereocenters. The molecule has 4 heteroatoms. The third-order valence-electron chi connectivity index (χ3n) is 8.84. The minimum atomic E-state index is 0.892. The van der Waals surface area contributed by atoms with Gasteiger partial charge in [-0.15, -0.1) is 22.7 Å². The molecule has 0 aliphatic heterocycles. The van der Waals surface area contributed by atoms with Crippen molar-refractivity contribution in [2.24, 2.45) is 0 Å². The quantitative estimate of drug-likeness (QED) is 0.201. The summed E-state index contributed by atoms with van der Waals surface area (Å²) >= 11 is 3.73. The molecule has 0 radical (unpaired) electrons. The van der Waals surface area contributed by atoms with Gasteiger partial charge in [-0.1, -0.05) is 72.8 Å². The van der Waals surface area contributed by atoms with Gasteiger partial charge in [0.15, 0.2) is 0 Å². The molecule has 0 amide bonds. The van der Waals surface area contributed by atoms with Crippen molar-refractivity contribution in [3.8, 4) is 0 Å². The zero-order valence-electron chi connectivity index (χ0n) is 23.5. The Labute approximate surface area is 260 Å². The van der Waals surface area contributed by atoms with E-state index in [0.717, 1.165) is 39.0 Å². The van der Waals surface area contributed by atoms with E-state index < -0.39 is 0 Å². The van der Waals surface area contributed by atoms with Crippen LogP contribution in [0.5, 0.6) is 0 Å². The molecular weight excluding hydrogens is 575 g/mol. The van der Waals surface area contributed by atoms with Crippen LogP contribution in [-0.2, 0) is 0 Å². The molecule has 7 aromatic carbocycles. The maximum absolute atomic E-state index is 6.35. The lowest BCUT2D eigenvalue weighted by Crippen LogP contribution is -2.09. The summed E-state index contributed by atoms with van der Waals surface area (Å²) in [5.74, 6) is 0. The van der Waals surface area contributed by atoms with Crippen LogP contribution in [0.15, 0.2) is 144 Å². The Morgan fingerprint density at radius 2 is 0.977 bits per heavy atom. The van der Waals surface area contributed by atoms with Crippen LogP contribution in [-0.4, -0.2) is 0 Å². The van der Waals surface area contributed by atoms with Gasteiger partial charge >= 0.3 is 0 Å². The lowest BCUT2D eigenvalue weighted by molar-refractivity contribution is 0.669. The van der Waals surface area contributed by atoms with Gasteiger partial charge in [0, 0.05) is 74.2 Å². The van der Waals surface area contributed by atoms with Crippen LogP contribution in [0.4, 0.5) is 17.1 Å². The average Bonchev–Trinajstić information content (AvgIpc) is 3.75. The van der Waals surface area contributed by atoms with Crippen molar-refractivity contribution in [1.82, 2.24) is 0 Å². The maximum Gasteiger partial charge on any atom is 0.137 e. The Morgan fingerprint density at radius 1 is 0.386 bits per heavy atom. The minimum Gasteiger partial charge on any atom is -0.456 e. The number of hydrogen-bond donors (Lipinski definition) is 0. The first-order valence-corrected chi connectivity index (χ1v) is 16.4. The van der Waals surface area contributed by atoms with Crippen molar-refractivity contribution in [3.05, 3.63) is 140 Å². The highest BCUT2D eigenvalue weighted by molar-refractivity contribution is 7.26. The van der Waals surface area contributed by atoms with Gasteiger partial charge < -0.3 is 9.32 Å². The summed E-state index contributed by atoms with van der Waals surface area (Å²) in [6, 6.07) is 50.6. The number of hydrogen-bond acceptors (Lipinski definition) is 4. The molecule has 0 saturated carbocycles. The van der Waals surface area contributed by atoms with E-state index in [4.69, 9.17) is 4.42 Å². The van der Waals surface area contributed by atoms with E-state index in [1.165, 1.54) is 51.1 Å². The van der Waals surface area contributed by atoms with Crippen molar-refractivity contribution in [1.29, 1.82) is 0 Å². The molecule has 0 unspecified atom stereocenters. The van der Waals surface area contributed by atoms with E-state index in [-0.39, 0.29) is 0 Å². The van der Waals surface area contributed by atoms with E-state index in [1.54, 1.807) is 0 Å². The number of furan rings is 1. The van der Waals surface area contributed by atoms with Crippen LogP contribution in [0, 0.1) is 0 Å². The Bertz CT molecular complexity index is 2750. The number of rotatable bonds is 3. The number of anilines is 3. The standard InChI is InChI=1S/C40H23NOS2/c1-4-10-35-29(7-1)30-19-15-27(23-36(30)42-35)41(26-16-20-39-34(22-26)32-9-3-5-11-37(32)43-39)25-14-18-28-24(21-25)13-17-33-31-8-2-6-12-38(31)44-40(28)33/h1-23H. The summed E-state index contributed by atoms with van der Waals surface area (Å²) in [4.78, 5) is 2.37. The van der Waals surface area contributed by atoms with Gasteiger partial charge in [0.05, 0.1) is 0 Å². The predicted molar refractivity (Wildman–Crippen MR) is 192 cm³/mol. The Kier molecular flexibility index (Phi) is 5.06. The fourth-order valence-electron chi connectivity index (χ4n) is 6.79. The minimum absolute atomic E-state index is 0.892. The van der Waals surface area contributed by atoms with Gasteiger partial charge in [-0.2, -0.15) is 0 Å². The molecule has 10 rings (SSSR count). The van der Waals surface area contributed by atoms with Crippen LogP contribution >= 0.6 is 22.7 Å². The fraction of sp³-hybridized carbons (Fsp3) is 0. The monoisotopic (exact) mass is 597 g/mol. The highest BCUT2D eigenvalue weighted by Crippen LogP contribution is 2.44. The van der Waals surface area contributed by atoms with E-state index >= 15 is 0 Å². The zero-order chi connectivity index (χ0) is 28.8. The van der Waals surface area contributed by atoms with Gasteiger partial charge in [0.25, 0.3) is 0 Å². The summed E-state index contributed by atoms with van der Waals surface area (Å²) in [7, 11) is 0. The van der Waals surface area contributed by atoms with Crippen LogP contribution < -0.4 is 4.90 Å². The largest absolute Gasteiger partial charge is 0.456 e. The van der Waals surface area contributed by atoms with Crippen LogP contribution in [0.2, 0.25) is 0 Å². The summed E-state index contributed by atoms with van der Waals surface area (Å²) in [6.07, 6.45) is 0. The van der Waals surface area contributed by atoms with Gasteiger partial charge in [-0.3, -0.25) is 0 Å². The van der Waals surface area contributed by atoms with E-state index in [1.807, 2.05) is 34.8 Å². The first-order valence-electron chi connectivity index (χ1n) is 14.8. The third kappa shape index (κ3) is 3.53.